The summed E-state index contributed by atoms with van der Waals surface area (Å²) in [4.78, 5) is 0. The van der Waals surface area contributed by atoms with Crippen LogP contribution in [0.3, 0.4) is 0 Å². The minimum Gasteiger partial charge on any atom is -0.326 e. The zero-order valence-electron chi connectivity index (χ0n) is 10.6. The Kier molecular flexibility index (Phi) is 3.97. The Hall–Kier alpha value is -1.28. The average Bonchev–Trinajstić information content (AvgIpc) is 3.10. The molecule has 1 aromatic carbocycles. The molecule has 1 aromatic rings. The van der Waals surface area contributed by atoms with Gasteiger partial charge in [0.2, 0.25) is 10.0 Å². The summed E-state index contributed by atoms with van der Waals surface area (Å²) in [5.41, 5.74) is 4.19. The van der Waals surface area contributed by atoms with E-state index in [1.165, 1.54) is 12.1 Å². The first-order valence-electron chi connectivity index (χ1n) is 6.12. The summed E-state index contributed by atoms with van der Waals surface area (Å²) in [7, 11) is -3.60. The fourth-order valence-electron chi connectivity index (χ4n) is 1.90. The smallest absolute Gasteiger partial charge is 0.326 e. The molecule has 0 unspecified atom stereocenters. The van der Waals surface area contributed by atoms with Crippen molar-refractivity contribution in [3.05, 3.63) is 29.3 Å². The topological polar surface area (TPSA) is 72.2 Å². The Bertz CT molecular complexity index is 595. The molecule has 1 aliphatic carbocycles. The third-order valence-corrected chi connectivity index (χ3v) is 4.52. The summed E-state index contributed by atoms with van der Waals surface area (Å²) >= 11 is 0. The van der Waals surface area contributed by atoms with Gasteiger partial charge in [-0.1, -0.05) is 6.07 Å². The summed E-state index contributed by atoms with van der Waals surface area (Å²) in [5.74, 6) is 0.0744. The van der Waals surface area contributed by atoms with Gasteiger partial charge < -0.3 is 5.73 Å². The van der Waals surface area contributed by atoms with Crippen LogP contribution < -0.4 is 10.5 Å². The number of hydrogen-bond acceptors (Lipinski definition) is 3. The molecule has 8 heteroatoms. The largest absolute Gasteiger partial charge is 0.416 e. The summed E-state index contributed by atoms with van der Waals surface area (Å²) < 4.78 is 64.2. The average molecular weight is 308 g/mol. The van der Waals surface area contributed by atoms with E-state index in [-0.39, 0.29) is 29.5 Å². The molecular formula is C12H15F3N2O2S. The maximum absolute atomic E-state index is 12.8. The highest BCUT2D eigenvalue weighted by Crippen LogP contribution is 2.34. The van der Waals surface area contributed by atoms with Crippen molar-refractivity contribution < 1.29 is 21.6 Å². The highest BCUT2D eigenvalue weighted by Gasteiger charge is 2.34. The fourth-order valence-corrected chi connectivity index (χ4v) is 3.42. The molecule has 20 heavy (non-hydrogen) atoms. The van der Waals surface area contributed by atoms with Crippen molar-refractivity contribution in [3.8, 4) is 0 Å². The van der Waals surface area contributed by atoms with Crippen LogP contribution in [0.25, 0.3) is 0 Å². The van der Waals surface area contributed by atoms with Crippen molar-refractivity contribution in [3.63, 3.8) is 0 Å². The molecule has 0 bridgehead atoms. The van der Waals surface area contributed by atoms with Gasteiger partial charge in [-0.25, -0.2) is 8.42 Å². The van der Waals surface area contributed by atoms with Crippen molar-refractivity contribution in [2.45, 2.75) is 25.6 Å². The first-order valence-corrected chi connectivity index (χ1v) is 7.77. The SMILES string of the molecule is NCc1ccc(NS(=O)(=O)CC2CC2)cc1C(F)(F)F. The molecule has 112 valence electrons. The van der Waals surface area contributed by atoms with E-state index in [0.717, 1.165) is 18.9 Å². The van der Waals surface area contributed by atoms with E-state index in [0.29, 0.717) is 0 Å². The first-order chi connectivity index (χ1) is 9.21. The lowest BCUT2D eigenvalue weighted by atomic mass is 10.1. The first kappa shape index (κ1) is 15.1. The van der Waals surface area contributed by atoms with Gasteiger partial charge in [0.05, 0.1) is 11.3 Å². The normalized spacial score (nSPS) is 16.2. The molecule has 0 spiro atoms. The van der Waals surface area contributed by atoms with Gasteiger partial charge in [-0.2, -0.15) is 13.2 Å². The number of halogens is 3. The third kappa shape index (κ3) is 3.86. The van der Waals surface area contributed by atoms with Crippen molar-refractivity contribution >= 4 is 15.7 Å². The number of rotatable bonds is 5. The Balaban J connectivity index is 2.24. The van der Waals surface area contributed by atoms with Crippen molar-refractivity contribution in [1.82, 2.24) is 0 Å². The predicted molar refractivity (Wildman–Crippen MR) is 69.5 cm³/mol. The lowest BCUT2D eigenvalue weighted by Crippen LogP contribution is -2.19. The maximum atomic E-state index is 12.8. The van der Waals surface area contributed by atoms with Crippen LogP contribution >= 0.6 is 0 Å². The maximum Gasteiger partial charge on any atom is 0.416 e. The minimum absolute atomic E-state index is 0.0486. The van der Waals surface area contributed by atoms with E-state index < -0.39 is 21.8 Å². The minimum atomic E-state index is -4.56. The van der Waals surface area contributed by atoms with Crippen molar-refractivity contribution in [1.29, 1.82) is 0 Å². The quantitative estimate of drug-likeness (QED) is 0.877. The van der Waals surface area contributed by atoms with Gasteiger partial charge in [-0.05, 0) is 36.5 Å². The summed E-state index contributed by atoms with van der Waals surface area (Å²) in [6.07, 6.45) is -2.87. The third-order valence-electron chi connectivity index (χ3n) is 3.06. The number of benzene rings is 1. The molecule has 0 radical (unpaired) electrons. The molecule has 0 saturated heterocycles. The van der Waals surface area contributed by atoms with Crippen LogP contribution in [0.5, 0.6) is 0 Å². The lowest BCUT2D eigenvalue weighted by Gasteiger charge is -2.14. The van der Waals surface area contributed by atoms with Gasteiger partial charge in [-0.15, -0.1) is 0 Å². The molecule has 0 aromatic heterocycles. The number of anilines is 1. The van der Waals surface area contributed by atoms with Crippen molar-refractivity contribution in [2.24, 2.45) is 11.7 Å². The van der Waals surface area contributed by atoms with Gasteiger partial charge in [0, 0.05) is 12.2 Å². The Labute approximate surface area is 115 Å². The van der Waals surface area contributed by atoms with Crippen LogP contribution in [-0.4, -0.2) is 14.2 Å². The van der Waals surface area contributed by atoms with Gasteiger partial charge in [-0.3, -0.25) is 4.72 Å². The lowest BCUT2D eigenvalue weighted by molar-refractivity contribution is -0.138. The second-order valence-corrected chi connectivity index (χ2v) is 6.67. The fraction of sp³-hybridized carbons (Fsp3) is 0.500. The summed E-state index contributed by atoms with van der Waals surface area (Å²) in [6.45, 7) is -0.260. The van der Waals surface area contributed by atoms with E-state index in [2.05, 4.69) is 4.72 Å². The monoisotopic (exact) mass is 308 g/mol. The van der Waals surface area contributed by atoms with Crippen LogP contribution in [-0.2, 0) is 22.7 Å². The highest BCUT2D eigenvalue weighted by molar-refractivity contribution is 7.92. The Morgan fingerprint density at radius 1 is 1.30 bits per heavy atom. The zero-order chi connectivity index (χ0) is 15.0. The molecule has 1 fully saturated rings. The number of hydrogen-bond donors (Lipinski definition) is 2. The molecule has 0 atom stereocenters. The molecule has 2 rings (SSSR count). The Morgan fingerprint density at radius 2 is 1.95 bits per heavy atom. The van der Waals surface area contributed by atoms with Crippen molar-refractivity contribution in [2.75, 3.05) is 10.5 Å². The van der Waals surface area contributed by atoms with Gasteiger partial charge in [0.15, 0.2) is 0 Å². The van der Waals surface area contributed by atoms with Gasteiger partial charge >= 0.3 is 6.18 Å². The Morgan fingerprint density at radius 3 is 2.45 bits per heavy atom. The van der Waals surface area contributed by atoms with Crippen LogP contribution in [0.2, 0.25) is 0 Å². The number of alkyl halides is 3. The van der Waals surface area contributed by atoms with Gasteiger partial charge in [0.25, 0.3) is 0 Å². The van der Waals surface area contributed by atoms with E-state index in [1.807, 2.05) is 0 Å². The molecule has 3 N–H and O–H groups in total. The van der Waals surface area contributed by atoms with Gasteiger partial charge in [0.1, 0.15) is 0 Å². The van der Waals surface area contributed by atoms with E-state index in [1.54, 1.807) is 0 Å². The standard InChI is InChI=1S/C12H15F3N2O2S/c13-12(14,15)11-5-10(4-3-9(11)6-16)17-20(18,19)7-8-1-2-8/h3-5,8,17H,1-2,6-7,16H2. The van der Waals surface area contributed by atoms with Crippen LogP contribution in [0.1, 0.15) is 24.0 Å². The number of sulfonamides is 1. The predicted octanol–water partition coefficient (Wildman–Crippen LogP) is 2.32. The molecule has 0 heterocycles. The molecule has 1 aliphatic rings. The molecular weight excluding hydrogens is 293 g/mol. The summed E-state index contributed by atoms with van der Waals surface area (Å²) in [6, 6.07) is 3.27. The van der Waals surface area contributed by atoms with Crippen LogP contribution in [0.4, 0.5) is 18.9 Å². The van der Waals surface area contributed by atoms with E-state index in [4.69, 9.17) is 5.73 Å². The second-order valence-electron chi connectivity index (χ2n) is 4.90. The highest BCUT2D eigenvalue weighted by atomic mass is 32.2. The molecule has 0 amide bonds. The summed E-state index contributed by atoms with van der Waals surface area (Å²) in [5, 5.41) is 0. The van der Waals surface area contributed by atoms with E-state index >= 15 is 0 Å². The second kappa shape index (κ2) is 5.25. The van der Waals surface area contributed by atoms with Crippen LogP contribution in [0, 0.1) is 5.92 Å². The molecule has 4 nitrogen and oxygen atoms in total. The molecule has 1 saturated carbocycles. The van der Waals surface area contributed by atoms with Crippen LogP contribution in [0.15, 0.2) is 18.2 Å². The number of nitrogens with two attached hydrogens (primary N) is 1. The number of nitrogens with one attached hydrogen (secondary N) is 1. The molecule has 0 aliphatic heterocycles. The van der Waals surface area contributed by atoms with E-state index in [9.17, 15) is 21.6 Å². The zero-order valence-corrected chi connectivity index (χ0v) is 11.4.